The molecule has 1 fully saturated rings. The molecule has 1 aliphatic rings. The van der Waals surface area contributed by atoms with Crippen molar-refractivity contribution in [3.63, 3.8) is 0 Å². The minimum atomic E-state index is -0.470. The molecule has 0 spiro atoms. The van der Waals surface area contributed by atoms with Crippen molar-refractivity contribution < 1.29 is 9.63 Å². The summed E-state index contributed by atoms with van der Waals surface area (Å²) in [6.07, 6.45) is 1.79. The van der Waals surface area contributed by atoms with Gasteiger partial charge in [0.1, 0.15) is 0 Å². The second kappa shape index (κ2) is 6.60. The highest BCUT2D eigenvalue weighted by Gasteiger charge is 2.28. The first-order chi connectivity index (χ1) is 10.2. The van der Waals surface area contributed by atoms with E-state index >= 15 is 0 Å². The summed E-state index contributed by atoms with van der Waals surface area (Å²) >= 11 is 0. The van der Waals surface area contributed by atoms with Crippen molar-refractivity contribution >= 4 is 11.9 Å². The molecule has 0 amide bonds. The van der Waals surface area contributed by atoms with Crippen molar-refractivity contribution in [1.29, 1.82) is 0 Å². The molecule has 0 radical (unpaired) electrons. The molecule has 0 saturated carbocycles. The first kappa shape index (κ1) is 16.7. The smallest absolute Gasteiger partial charge is 0.330 e. The van der Waals surface area contributed by atoms with Gasteiger partial charge in [-0.2, -0.15) is 0 Å². The molecule has 2 rings (SSSR count). The molecule has 1 aromatic heterocycles. The molecule has 6 heteroatoms. The number of piperidine rings is 1. The largest absolute Gasteiger partial charge is 0.367 e. The van der Waals surface area contributed by atoms with E-state index in [0.29, 0.717) is 12.0 Å². The summed E-state index contributed by atoms with van der Waals surface area (Å²) in [6.45, 7) is 11.0. The maximum Gasteiger partial charge on any atom is 0.330 e. The molecule has 2 heterocycles. The van der Waals surface area contributed by atoms with Crippen molar-refractivity contribution in [1.82, 2.24) is 15.0 Å². The Hall–Kier alpha value is -1.69. The summed E-state index contributed by atoms with van der Waals surface area (Å²) in [4.78, 5) is 26.1. The fourth-order valence-corrected chi connectivity index (χ4v) is 2.32. The van der Waals surface area contributed by atoms with Crippen LogP contribution in [-0.2, 0) is 9.63 Å². The van der Waals surface area contributed by atoms with Gasteiger partial charge < -0.3 is 10.2 Å². The van der Waals surface area contributed by atoms with Gasteiger partial charge in [0.2, 0.25) is 5.95 Å². The van der Waals surface area contributed by atoms with E-state index in [4.69, 9.17) is 4.84 Å². The SMILES string of the molecule is Cc1cc(C)nc(NC2CCN(OC(=O)C(C)(C)C)CC2)n1. The highest BCUT2D eigenvalue weighted by atomic mass is 16.7. The summed E-state index contributed by atoms with van der Waals surface area (Å²) in [5, 5.41) is 5.14. The molecule has 1 aromatic rings. The molecule has 1 aliphatic heterocycles. The van der Waals surface area contributed by atoms with Crippen LogP contribution in [-0.4, -0.2) is 40.1 Å². The van der Waals surface area contributed by atoms with Crippen LogP contribution in [0.5, 0.6) is 0 Å². The molecule has 0 aromatic carbocycles. The zero-order valence-corrected chi connectivity index (χ0v) is 14.1. The van der Waals surface area contributed by atoms with Gasteiger partial charge in [0.05, 0.1) is 5.41 Å². The maximum absolute atomic E-state index is 11.9. The van der Waals surface area contributed by atoms with E-state index in [0.717, 1.165) is 37.3 Å². The number of carbonyl (C=O) groups is 1. The molecule has 0 unspecified atom stereocenters. The number of nitrogens with zero attached hydrogens (tertiary/aromatic N) is 3. The predicted octanol–water partition coefficient (Wildman–Crippen LogP) is 2.47. The summed E-state index contributed by atoms with van der Waals surface area (Å²) in [6, 6.07) is 2.27. The zero-order chi connectivity index (χ0) is 16.3. The van der Waals surface area contributed by atoms with Crippen molar-refractivity contribution in [3.8, 4) is 0 Å². The van der Waals surface area contributed by atoms with Crippen LogP contribution in [0.2, 0.25) is 0 Å². The summed E-state index contributed by atoms with van der Waals surface area (Å²) in [7, 11) is 0. The normalized spacial score (nSPS) is 17.3. The van der Waals surface area contributed by atoms with Crippen LogP contribution in [0.4, 0.5) is 5.95 Å². The molecule has 22 heavy (non-hydrogen) atoms. The van der Waals surface area contributed by atoms with Crippen LogP contribution >= 0.6 is 0 Å². The number of hydrogen-bond donors (Lipinski definition) is 1. The average Bonchev–Trinajstić information content (AvgIpc) is 2.38. The number of carbonyl (C=O) groups excluding carboxylic acids is 1. The minimum Gasteiger partial charge on any atom is -0.367 e. The number of rotatable bonds is 3. The number of hydroxylamine groups is 2. The Morgan fingerprint density at radius 3 is 2.27 bits per heavy atom. The van der Waals surface area contributed by atoms with Gasteiger partial charge in [-0.3, -0.25) is 0 Å². The number of anilines is 1. The second-order valence-electron chi connectivity index (χ2n) is 6.95. The van der Waals surface area contributed by atoms with Crippen molar-refractivity contribution in [2.75, 3.05) is 18.4 Å². The summed E-state index contributed by atoms with van der Waals surface area (Å²) in [5.41, 5.74) is 1.46. The monoisotopic (exact) mass is 306 g/mol. The Morgan fingerprint density at radius 2 is 1.77 bits per heavy atom. The van der Waals surface area contributed by atoms with E-state index in [9.17, 15) is 4.79 Å². The van der Waals surface area contributed by atoms with Crippen LogP contribution in [0.3, 0.4) is 0 Å². The van der Waals surface area contributed by atoms with Crippen LogP contribution in [0.25, 0.3) is 0 Å². The molecule has 0 bridgehead atoms. The lowest BCUT2D eigenvalue weighted by atomic mass is 9.98. The maximum atomic E-state index is 11.9. The van der Waals surface area contributed by atoms with Gasteiger partial charge in [0.25, 0.3) is 0 Å². The van der Waals surface area contributed by atoms with Gasteiger partial charge in [-0.05, 0) is 53.5 Å². The minimum absolute atomic E-state index is 0.184. The number of nitrogens with one attached hydrogen (secondary N) is 1. The fourth-order valence-electron chi connectivity index (χ4n) is 2.32. The molecule has 6 nitrogen and oxygen atoms in total. The molecule has 122 valence electrons. The van der Waals surface area contributed by atoms with Gasteiger partial charge in [-0.15, -0.1) is 5.06 Å². The lowest BCUT2D eigenvalue weighted by molar-refractivity contribution is -0.204. The van der Waals surface area contributed by atoms with E-state index in [1.807, 2.05) is 40.7 Å². The number of aryl methyl sites for hydroxylation is 2. The van der Waals surface area contributed by atoms with Crippen molar-refractivity contribution in [2.45, 2.75) is 53.5 Å². The number of hydrogen-bond acceptors (Lipinski definition) is 6. The Morgan fingerprint density at radius 1 is 1.23 bits per heavy atom. The summed E-state index contributed by atoms with van der Waals surface area (Å²) < 4.78 is 0. The molecule has 0 aliphatic carbocycles. The topological polar surface area (TPSA) is 67.3 Å². The quantitative estimate of drug-likeness (QED) is 0.925. The average molecular weight is 306 g/mol. The molecule has 0 atom stereocenters. The molecule has 1 saturated heterocycles. The van der Waals surface area contributed by atoms with E-state index in [1.54, 1.807) is 5.06 Å². The second-order valence-corrected chi connectivity index (χ2v) is 6.95. The zero-order valence-electron chi connectivity index (χ0n) is 14.1. The van der Waals surface area contributed by atoms with E-state index < -0.39 is 5.41 Å². The Balaban J connectivity index is 1.83. The van der Waals surface area contributed by atoms with Gasteiger partial charge in [-0.1, -0.05) is 0 Å². The molecule has 1 N–H and O–H groups in total. The van der Waals surface area contributed by atoms with Gasteiger partial charge in [0.15, 0.2) is 0 Å². The summed E-state index contributed by atoms with van der Waals surface area (Å²) in [5.74, 6) is 0.499. The van der Waals surface area contributed by atoms with Crippen LogP contribution in [0, 0.1) is 19.3 Å². The predicted molar refractivity (Wildman–Crippen MR) is 85.3 cm³/mol. The first-order valence-corrected chi connectivity index (χ1v) is 7.80. The molecular weight excluding hydrogens is 280 g/mol. The van der Waals surface area contributed by atoms with E-state index in [2.05, 4.69) is 15.3 Å². The van der Waals surface area contributed by atoms with E-state index in [-0.39, 0.29) is 5.97 Å². The van der Waals surface area contributed by atoms with Crippen LogP contribution in [0.15, 0.2) is 6.07 Å². The van der Waals surface area contributed by atoms with Gasteiger partial charge in [0, 0.05) is 30.5 Å². The Labute approximate surface area is 132 Å². The number of aromatic nitrogens is 2. The van der Waals surface area contributed by atoms with Crippen LogP contribution in [0.1, 0.15) is 45.0 Å². The molecular formula is C16H26N4O2. The highest BCUT2D eigenvalue weighted by molar-refractivity contribution is 5.75. The lowest BCUT2D eigenvalue weighted by Gasteiger charge is -2.32. The fraction of sp³-hybridized carbons (Fsp3) is 0.688. The Bertz CT molecular complexity index is 511. The lowest BCUT2D eigenvalue weighted by Crippen LogP contribution is -2.42. The Kier molecular flexibility index (Phi) is 5.01. The van der Waals surface area contributed by atoms with E-state index in [1.165, 1.54) is 0 Å². The van der Waals surface area contributed by atoms with Crippen molar-refractivity contribution in [3.05, 3.63) is 17.5 Å². The first-order valence-electron chi connectivity index (χ1n) is 7.80. The van der Waals surface area contributed by atoms with Gasteiger partial charge >= 0.3 is 5.97 Å². The third-order valence-corrected chi connectivity index (χ3v) is 3.59. The standard InChI is InChI=1S/C16H26N4O2/c1-11-10-12(2)18-15(17-11)19-13-6-8-20(9-7-13)22-14(21)16(3,4)5/h10,13H,6-9H2,1-5H3,(H,17,18,19). The third kappa shape index (κ3) is 4.66. The third-order valence-electron chi connectivity index (χ3n) is 3.59. The van der Waals surface area contributed by atoms with Crippen molar-refractivity contribution in [2.24, 2.45) is 5.41 Å². The van der Waals surface area contributed by atoms with Gasteiger partial charge in [-0.25, -0.2) is 14.8 Å². The van der Waals surface area contributed by atoms with Crippen LogP contribution < -0.4 is 5.32 Å². The highest BCUT2D eigenvalue weighted by Crippen LogP contribution is 2.19.